The van der Waals surface area contributed by atoms with E-state index in [9.17, 15) is 22.8 Å². The van der Waals surface area contributed by atoms with Crippen LogP contribution < -0.4 is 5.32 Å². The molecule has 31 heavy (non-hydrogen) atoms. The lowest BCUT2D eigenvalue weighted by atomic mass is 9.93. The van der Waals surface area contributed by atoms with Crippen molar-refractivity contribution in [2.75, 3.05) is 0 Å². The van der Waals surface area contributed by atoms with Crippen molar-refractivity contribution in [2.24, 2.45) is 0 Å². The second kappa shape index (κ2) is 7.86. The van der Waals surface area contributed by atoms with E-state index in [1.807, 2.05) is 30.3 Å². The second-order valence-electron chi connectivity index (χ2n) is 7.13. The van der Waals surface area contributed by atoms with Crippen LogP contribution in [0.5, 0.6) is 0 Å². The van der Waals surface area contributed by atoms with Crippen LogP contribution in [0, 0.1) is 0 Å². The number of fused-ring (bicyclic) bond motifs is 2. The monoisotopic (exact) mass is 429 g/mol. The molecule has 10 heteroatoms. The number of alkyl halides is 3. The summed E-state index contributed by atoms with van der Waals surface area (Å²) in [5.74, 6) is -0.404. The van der Waals surface area contributed by atoms with Crippen molar-refractivity contribution >= 4 is 23.5 Å². The highest BCUT2D eigenvalue weighted by Crippen LogP contribution is 2.33. The first-order valence-electron chi connectivity index (χ1n) is 9.47. The Hall–Kier alpha value is -3.69. The second-order valence-corrected chi connectivity index (χ2v) is 7.13. The number of benzene rings is 1. The van der Waals surface area contributed by atoms with Gasteiger partial charge in [-0.3, -0.25) is 14.0 Å². The van der Waals surface area contributed by atoms with E-state index in [0.717, 1.165) is 23.4 Å². The first-order chi connectivity index (χ1) is 14.7. The summed E-state index contributed by atoms with van der Waals surface area (Å²) in [6, 6.07) is 9.13. The molecule has 1 aliphatic rings. The highest BCUT2D eigenvalue weighted by molar-refractivity contribution is 5.81. The summed E-state index contributed by atoms with van der Waals surface area (Å²) in [6.45, 7) is 1.31. The molecule has 0 saturated carbocycles. The van der Waals surface area contributed by atoms with Crippen LogP contribution in [0.25, 0.3) is 11.7 Å². The van der Waals surface area contributed by atoms with Crippen LogP contribution in [-0.2, 0) is 22.3 Å². The molecule has 0 fully saturated rings. The third kappa shape index (κ3) is 4.14. The van der Waals surface area contributed by atoms with Gasteiger partial charge in [-0.2, -0.15) is 13.2 Å². The zero-order valence-electron chi connectivity index (χ0n) is 16.4. The van der Waals surface area contributed by atoms with Crippen LogP contribution in [0.15, 0.2) is 48.8 Å². The summed E-state index contributed by atoms with van der Waals surface area (Å²) in [5, 5.41) is 10.4. The third-order valence-electron chi connectivity index (χ3n) is 5.09. The first-order valence-corrected chi connectivity index (χ1v) is 9.47. The van der Waals surface area contributed by atoms with Gasteiger partial charge < -0.3 is 10.2 Å². The fourth-order valence-electron chi connectivity index (χ4n) is 3.57. The van der Waals surface area contributed by atoms with Gasteiger partial charge in [0.25, 0.3) is 0 Å². The Balaban J connectivity index is 1.50. The number of pyridine rings is 1. The molecule has 0 saturated heterocycles. The maximum atomic E-state index is 13.0. The molecule has 1 N–H and O–H groups in total. The first kappa shape index (κ1) is 20.6. The number of aromatic nitrogens is 3. The predicted molar refractivity (Wildman–Crippen MR) is 105 cm³/mol. The SMILES string of the molecule is CC(=O)N1C=Cc2ccccc2[C@@H]1CC(=O)NCc1nnc2ccc(C(F)(F)F)cn12. The number of halogens is 3. The Morgan fingerprint density at radius 3 is 2.65 bits per heavy atom. The van der Waals surface area contributed by atoms with E-state index in [1.165, 1.54) is 22.3 Å². The molecule has 3 heterocycles. The van der Waals surface area contributed by atoms with Gasteiger partial charge in [0.2, 0.25) is 11.8 Å². The van der Waals surface area contributed by atoms with Crippen LogP contribution in [0.2, 0.25) is 0 Å². The minimum absolute atomic E-state index is 0.00846. The molecule has 4 rings (SSSR count). The van der Waals surface area contributed by atoms with Crippen molar-refractivity contribution in [1.29, 1.82) is 0 Å². The average Bonchev–Trinajstić information content (AvgIpc) is 3.14. The van der Waals surface area contributed by atoms with Crippen molar-refractivity contribution in [2.45, 2.75) is 32.1 Å². The maximum absolute atomic E-state index is 13.0. The van der Waals surface area contributed by atoms with E-state index in [-0.39, 0.29) is 36.3 Å². The van der Waals surface area contributed by atoms with Crippen LogP contribution in [0.4, 0.5) is 13.2 Å². The summed E-state index contributed by atoms with van der Waals surface area (Å²) in [6.07, 6.45) is -0.155. The molecule has 1 aliphatic heterocycles. The molecule has 0 radical (unpaired) electrons. The van der Waals surface area contributed by atoms with E-state index >= 15 is 0 Å². The van der Waals surface area contributed by atoms with Crippen molar-refractivity contribution in [1.82, 2.24) is 24.8 Å². The Bertz CT molecular complexity index is 1190. The van der Waals surface area contributed by atoms with E-state index < -0.39 is 17.8 Å². The Morgan fingerprint density at radius 2 is 1.90 bits per heavy atom. The molecule has 7 nitrogen and oxygen atoms in total. The molecule has 3 aromatic rings. The van der Waals surface area contributed by atoms with Crippen LogP contribution >= 0.6 is 0 Å². The fraction of sp³-hybridized carbons (Fsp3) is 0.238. The molecule has 0 aliphatic carbocycles. The van der Waals surface area contributed by atoms with E-state index in [2.05, 4.69) is 15.5 Å². The zero-order chi connectivity index (χ0) is 22.2. The maximum Gasteiger partial charge on any atom is 0.417 e. The molecule has 1 atom stereocenters. The smallest absolute Gasteiger partial charge is 0.349 e. The molecular weight excluding hydrogens is 411 g/mol. The number of nitrogens with zero attached hydrogens (tertiary/aromatic N) is 4. The van der Waals surface area contributed by atoms with Gasteiger partial charge in [-0.15, -0.1) is 10.2 Å². The molecule has 1 aromatic carbocycles. The topological polar surface area (TPSA) is 79.6 Å². The molecule has 2 aromatic heterocycles. The lowest BCUT2D eigenvalue weighted by molar-refractivity contribution is -0.138. The minimum atomic E-state index is -4.50. The number of nitrogens with one attached hydrogen (secondary N) is 1. The van der Waals surface area contributed by atoms with Gasteiger partial charge in [0, 0.05) is 19.3 Å². The van der Waals surface area contributed by atoms with Crippen LogP contribution in [0.3, 0.4) is 0 Å². The Labute approximate surface area is 175 Å². The zero-order valence-corrected chi connectivity index (χ0v) is 16.4. The van der Waals surface area contributed by atoms with Crippen molar-refractivity contribution in [3.63, 3.8) is 0 Å². The third-order valence-corrected chi connectivity index (χ3v) is 5.09. The van der Waals surface area contributed by atoms with Crippen molar-refractivity contribution in [3.8, 4) is 0 Å². The van der Waals surface area contributed by atoms with E-state index in [0.29, 0.717) is 0 Å². The highest BCUT2D eigenvalue weighted by atomic mass is 19.4. The number of hydrogen-bond donors (Lipinski definition) is 1. The van der Waals surface area contributed by atoms with Crippen LogP contribution in [-0.4, -0.2) is 31.3 Å². The molecule has 0 bridgehead atoms. The van der Waals surface area contributed by atoms with Gasteiger partial charge >= 0.3 is 6.18 Å². The van der Waals surface area contributed by atoms with Gasteiger partial charge in [0.1, 0.15) is 0 Å². The largest absolute Gasteiger partial charge is 0.417 e. The Kier molecular flexibility index (Phi) is 5.22. The summed E-state index contributed by atoms with van der Waals surface area (Å²) in [7, 11) is 0. The number of rotatable bonds is 4. The number of hydrogen-bond acceptors (Lipinski definition) is 4. The number of carbonyl (C=O) groups excluding carboxylic acids is 2. The quantitative estimate of drug-likeness (QED) is 0.690. The normalized spacial score (nSPS) is 15.7. The lowest BCUT2D eigenvalue weighted by Crippen LogP contribution is -2.35. The van der Waals surface area contributed by atoms with E-state index in [1.54, 1.807) is 6.20 Å². The van der Waals surface area contributed by atoms with Gasteiger partial charge in [-0.1, -0.05) is 24.3 Å². The standard InChI is InChI=1S/C21H18F3N5O2/c1-13(30)28-9-8-14-4-2-3-5-16(14)17(28)10-20(31)25-11-19-27-26-18-7-6-15(12-29(18)19)21(22,23)24/h2-9,12,17H,10-11H2,1H3,(H,25,31)/t17-/m0/s1. The fourth-order valence-corrected chi connectivity index (χ4v) is 3.57. The number of carbonyl (C=O) groups is 2. The average molecular weight is 429 g/mol. The van der Waals surface area contributed by atoms with Crippen molar-refractivity contribution in [3.05, 3.63) is 71.3 Å². The Morgan fingerprint density at radius 1 is 1.13 bits per heavy atom. The summed E-state index contributed by atoms with van der Waals surface area (Å²) in [4.78, 5) is 26.2. The molecule has 0 spiro atoms. The molecule has 160 valence electrons. The summed E-state index contributed by atoms with van der Waals surface area (Å²) >= 11 is 0. The number of amides is 2. The predicted octanol–water partition coefficient (Wildman–Crippen LogP) is 3.33. The molecule has 2 amide bonds. The van der Waals surface area contributed by atoms with Gasteiger partial charge in [0.15, 0.2) is 11.5 Å². The van der Waals surface area contributed by atoms with Gasteiger partial charge in [-0.05, 0) is 29.3 Å². The van der Waals surface area contributed by atoms with Crippen molar-refractivity contribution < 1.29 is 22.8 Å². The van der Waals surface area contributed by atoms with Gasteiger partial charge in [0.05, 0.1) is 24.6 Å². The van der Waals surface area contributed by atoms with Crippen LogP contribution in [0.1, 0.15) is 41.9 Å². The summed E-state index contributed by atoms with van der Waals surface area (Å²) in [5.41, 5.74) is 1.17. The van der Waals surface area contributed by atoms with E-state index in [4.69, 9.17) is 0 Å². The summed E-state index contributed by atoms with van der Waals surface area (Å²) < 4.78 is 40.2. The minimum Gasteiger partial charge on any atom is -0.349 e. The highest BCUT2D eigenvalue weighted by Gasteiger charge is 2.31. The lowest BCUT2D eigenvalue weighted by Gasteiger charge is -2.32. The molecular formula is C21H18F3N5O2. The van der Waals surface area contributed by atoms with Gasteiger partial charge in [-0.25, -0.2) is 0 Å². The molecule has 0 unspecified atom stereocenters.